The van der Waals surface area contributed by atoms with Gasteiger partial charge < -0.3 is 0 Å². The SMILES string of the molecule is CCC(C#N)(CC)NS(=O)(=O)NC1CC1. The first kappa shape index (κ1) is 12.4. The van der Waals surface area contributed by atoms with Crippen LogP contribution in [0.15, 0.2) is 0 Å². The van der Waals surface area contributed by atoms with E-state index in [0.717, 1.165) is 12.8 Å². The molecule has 6 heteroatoms. The average Bonchev–Trinajstić information content (AvgIpc) is 2.97. The van der Waals surface area contributed by atoms with E-state index in [9.17, 15) is 8.42 Å². The van der Waals surface area contributed by atoms with Crippen LogP contribution in [-0.2, 0) is 10.2 Å². The van der Waals surface area contributed by atoms with E-state index in [4.69, 9.17) is 5.26 Å². The number of nitriles is 1. The third-order valence-electron chi connectivity index (χ3n) is 2.65. The van der Waals surface area contributed by atoms with Crippen LogP contribution in [0.5, 0.6) is 0 Å². The van der Waals surface area contributed by atoms with E-state index >= 15 is 0 Å². The zero-order valence-corrected chi connectivity index (χ0v) is 9.89. The van der Waals surface area contributed by atoms with Crippen molar-refractivity contribution >= 4 is 10.2 Å². The zero-order chi connectivity index (χ0) is 11.5. The van der Waals surface area contributed by atoms with Gasteiger partial charge in [-0.15, -0.1) is 0 Å². The zero-order valence-electron chi connectivity index (χ0n) is 9.08. The fraction of sp³-hybridized carbons (Fsp3) is 0.889. The van der Waals surface area contributed by atoms with Crippen molar-refractivity contribution in [2.75, 3.05) is 0 Å². The molecule has 15 heavy (non-hydrogen) atoms. The largest absolute Gasteiger partial charge is 0.278 e. The molecule has 2 N–H and O–H groups in total. The Morgan fingerprint density at radius 2 is 1.93 bits per heavy atom. The number of hydrogen-bond acceptors (Lipinski definition) is 3. The van der Waals surface area contributed by atoms with E-state index in [1.165, 1.54) is 0 Å². The maximum Gasteiger partial charge on any atom is 0.278 e. The molecule has 86 valence electrons. The molecule has 1 fully saturated rings. The molecular weight excluding hydrogens is 214 g/mol. The van der Waals surface area contributed by atoms with Crippen LogP contribution in [-0.4, -0.2) is 20.0 Å². The summed E-state index contributed by atoms with van der Waals surface area (Å²) in [5, 5.41) is 8.98. The van der Waals surface area contributed by atoms with Gasteiger partial charge in [0.2, 0.25) is 0 Å². The van der Waals surface area contributed by atoms with Crippen molar-refractivity contribution in [2.45, 2.75) is 51.1 Å². The first-order chi connectivity index (χ1) is 6.97. The standard InChI is InChI=1S/C9H17N3O2S/c1-3-9(4-2,7-10)12-15(13,14)11-8-5-6-8/h8,11-12H,3-6H2,1-2H3. The summed E-state index contributed by atoms with van der Waals surface area (Å²) in [6, 6.07) is 2.10. The molecule has 0 saturated heterocycles. The molecule has 0 radical (unpaired) electrons. The third kappa shape index (κ3) is 3.45. The normalized spacial score (nSPS) is 17.4. The second-order valence-electron chi connectivity index (χ2n) is 3.90. The summed E-state index contributed by atoms with van der Waals surface area (Å²) in [6.07, 6.45) is 2.70. The minimum atomic E-state index is -3.53. The first-order valence-electron chi connectivity index (χ1n) is 5.19. The van der Waals surface area contributed by atoms with Gasteiger partial charge in [0.25, 0.3) is 10.2 Å². The lowest BCUT2D eigenvalue weighted by atomic mass is 9.97. The average molecular weight is 231 g/mol. The predicted molar refractivity (Wildman–Crippen MR) is 57.1 cm³/mol. The van der Waals surface area contributed by atoms with Gasteiger partial charge in [0.15, 0.2) is 0 Å². The van der Waals surface area contributed by atoms with Gasteiger partial charge in [-0.2, -0.15) is 23.1 Å². The molecule has 1 aliphatic carbocycles. The lowest BCUT2D eigenvalue weighted by molar-refractivity contribution is 0.442. The molecule has 1 aliphatic rings. The van der Waals surface area contributed by atoms with E-state index in [0.29, 0.717) is 12.8 Å². The van der Waals surface area contributed by atoms with Crippen molar-refractivity contribution in [3.05, 3.63) is 0 Å². The van der Waals surface area contributed by atoms with Crippen molar-refractivity contribution < 1.29 is 8.42 Å². The topological polar surface area (TPSA) is 82.0 Å². The molecule has 0 unspecified atom stereocenters. The fourth-order valence-electron chi connectivity index (χ4n) is 1.28. The van der Waals surface area contributed by atoms with Gasteiger partial charge in [-0.3, -0.25) is 0 Å². The Balaban J connectivity index is 2.68. The highest BCUT2D eigenvalue weighted by Gasteiger charge is 2.34. The van der Waals surface area contributed by atoms with E-state index in [2.05, 4.69) is 9.44 Å². The van der Waals surface area contributed by atoms with Gasteiger partial charge in [-0.1, -0.05) is 13.8 Å². The lowest BCUT2D eigenvalue weighted by Gasteiger charge is -2.24. The van der Waals surface area contributed by atoms with Crippen LogP contribution in [0.3, 0.4) is 0 Å². The molecular formula is C9H17N3O2S. The smallest absolute Gasteiger partial charge is 0.199 e. The van der Waals surface area contributed by atoms with Crippen LogP contribution >= 0.6 is 0 Å². The maximum atomic E-state index is 11.6. The molecule has 5 nitrogen and oxygen atoms in total. The lowest BCUT2D eigenvalue weighted by Crippen LogP contribution is -2.51. The Kier molecular flexibility index (Phi) is 3.71. The van der Waals surface area contributed by atoms with Crippen molar-refractivity contribution in [3.8, 4) is 6.07 Å². The maximum absolute atomic E-state index is 11.6. The summed E-state index contributed by atoms with van der Waals surface area (Å²) in [5.41, 5.74) is -0.972. The van der Waals surface area contributed by atoms with Crippen LogP contribution in [0.4, 0.5) is 0 Å². The Morgan fingerprint density at radius 1 is 1.40 bits per heavy atom. The Morgan fingerprint density at radius 3 is 2.27 bits per heavy atom. The molecule has 0 bridgehead atoms. The molecule has 0 aromatic carbocycles. The Hall–Kier alpha value is -0.640. The molecule has 0 atom stereocenters. The second-order valence-corrected chi connectivity index (χ2v) is 5.35. The summed E-state index contributed by atoms with van der Waals surface area (Å²) in [5.74, 6) is 0. The van der Waals surface area contributed by atoms with Gasteiger partial charge in [0, 0.05) is 6.04 Å². The van der Waals surface area contributed by atoms with Crippen LogP contribution in [0.1, 0.15) is 39.5 Å². The van der Waals surface area contributed by atoms with Crippen LogP contribution in [0, 0.1) is 11.3 Å². The van der Waals surface area contributed by atoms with Gasteiger partial charge >= 0.3 is 0 Å². The van der Waals surface area contributed by atoms with E-state index < -0.39 is 15.7 Å². The van der Waals surface area contributed by atoms with Crippen molar-refractivity contribution in [1.29, 1.82) is 5.26 Å². The molecule has 0 amide bonds. The molecule has 0 aliphatic heterocycles. The first-order valence-corrected chi connectivity index (χ1v) is 6.67. The van der Waals surface area contributed by atoms with Crippen molar-refractivity contribution in [3.63, 3.8) is 0 Å². The molecule has 0 aromatic rings. The highest BCUT2D eigenvalue weighted by Crippen LogP contribution is 2.21. The molecule has 1 saturated carbocycles. The van der Waals surface area contributed by atoms with Gasteiger partial charge in [0.1, 0.15) is 5.54 Å². The summed E-state index contributed by atoms with van der Waals surface area (Å²) in [4.78, 5) is 0. The monoisotopic (exact) mass is 231 g/mol. The fourth-order valence-corrected chi connectivity index (χ4v) is 2.86. The van der Waals surface area contributed by atoms with Gasteiger partial charge in [-0.05, 0) is 25.7 Å². The highest BCUT2D eigenvalue weighted by atomic mass is 32.2. The van der Waals surface area contributed by atoms with Crippen molar-refractivity contribution in [1.82, 2.24) is 9.44 Å². The van der Waals surface area contributed by atoms with E-state index in [-0.39, 0.29) is 6.04 Å². The number of hydrogen-bond donors (Lipinski definition) is 2. The summed E-state index contributed by atoms with van der Waals surface area (Å²) >= 11 is 0. The number of nitrogens with zero attached hydrogens (tertiary/aromatic N) is 1. The van der Waals surface area contributed by atoms with E-state index in [1.54, 1.807) is 13.8 Å². The van der Waals surface area contributed by atoms with Crippen LogP contribution < -0.4 is 9.44 Å². The van der Waals surface area contributed by atoms with Gasteiger partial charge in [-0.25, -0.2) is 0 Å². The van der Waals surface area contributed by atoms with Crippen LogP contribution in [0.2, 0.25) is 0 Å². The summed E-state index contributed by atoms with van der Waals surface area (Å²) < 4.78 is 28.1. The molecule has 0 heterocycles. The summed E-state index contributed by atoms with van der Waals surface area (Å²) in [7, 11) is -3.53. The number of nitrogens with one attached hydrogen (secondary N) is 2. The number of rotatable bonds is 6. The van der Waals surface area contributed by atoms with Crippen molar-refractivity contribution in [2.24, 2.45) is 0 Å². The predicted octanol–water partition coefficient (Wildman–Crippen LogP) is 0.655. The minimum absolute atomic E-state index is 0.0626. The van der Waals surface area contributed by atoms with E-state index in [1.807, 2.05) is 6.07 Å². The molecule has 1 rings (SSSR count). The Bertz CT molecular complexity index is 350. The van der Waals surface area contributed by atoms with Crippen LogP contribution in [0.25, 0.3) is 0 Å². The quantitative estimate of drug-likeness (QED) is 0.704. The van der Waals surface area contributed by atoms with Gasteiger partial charge in [0.05, 0.1) is 6.07 Å². The minimum Gasteiger partial charge on any atom is -0.199 e. The molecule has 0 spiro atoms. The summed E-state index contributed by atoms with van der Waals surface area (Å²) in [6.45, 7) is 3.60. The molecule has 0 aromatic heterocycles. The Labute approximate surface area is 91.0 Å². The highest BCUT2D eigenvalue weighted by molar-refractivity contribution is 7.87. The third-order valence-corrected chi connectivity index (χ3v) is 3.95. The second kappa shape index (κ2) is 4.47.